The van der Waals surface area contributed by atoms with Gasteiger partial charge in [0.1, 0.15) is 5.75 Å². The first-order valence-electron chi connectivity index (χ1n) is 5.78. The molecule has 94 valence electrons. The van der Waals surface area contributed by atoms with E-state index in [9.17, 15) is 4.79 Å². The van der Waals surface area contributed by atoms with Crippen molar-refractivity contribution in [3.63, 3.8) is 0 Å². The summed E-state index contributed by atoms with van der Waals surface area (Å²) in [5.74, 6) is 0.561. The van der Waals surface area contributed by atoms with E-state index >= 15 is 0 Å². The molecular weight excluding hydrogens is 216 g/mol. The number of ether oxygens (including phenoxy) is 2. The molecule has 0 amide bonds. The molecule has 1 aromatic carbocycles. The van der Waals surface area contributed by atoms with Gasteiger partial charge in [-0.3, -0.25) is 0 Å². The van der Waals surface area contributed by atoms with Gasteiger partial charge in [0.15, 0.2) is 0 Å². The van der Waals surface area contributed by atoms with Crippen LogP contribution in [-0.2, 0) is 10.2 Å². The second kappa shape index (κ2) is 5.21. The molecule has 0 fully saturated rings. The highest BCUT2D eigenvalue weighted by molar-refractivity contribution is 5.65. The normalized spacial score (nSPS) is 11.4. The summed E-state index contributed by atoms with van der Waals surface area (Å²) in [5.41, 5.74) is 0.912. The molecule has 0 aliphatic rings. The molecule has 0 aliphatic carbocycles. The number of carbonyl (C=O) groups excluding carboxylic acids is 1. The smallest absolute Gasteiger partial charge is 0.431 e. The number of carbonyl (C=O) groups is 1. The van der Waals surface area contributed by atoms with Crippen LogP contribution in [0.4, 0.5) is 4.79 Å². The van der Waals surface area contributed by atoms with Crippen molar-refractivity contribution in [3.05, 3.63) is 29.8 Å². The first kappa shape index (κ1) is 13.6. The van der Waals surface area contributed by atoms with Crippen molar-refractivity contribution in [2.45, 2.75) is 46.1 Å². The van der Waals surface area contributed by atoms with Crippen LogP contribution in [0.15, 0.2) is 24.3 Å². The second-order valence-electron chi connectivity index (χ2n) is 5.26. The zero-order valence-corrected chi connectivity index (χ0v) is 11.1. The van der Waals surface area contributed by atoms with Crippen LogP contribution in [-0.4, -0.2) is 12.3 Å². The fourth-order valence-electron chi connectivity index (χ4n) is 1.48. The lowest BCUT2D eigenvalue weighted by atomic mass is 9.86. The molecule has 0 saturated carbocycles. The van der Waals surface area contributed by atoms with Gasteiger partial charge in [0.2, 0.25) is 0 Å². The predicted molar refractivity (Wildman–Crippen MR) is 67.4 cm³/mol. The van der Waals surface area contributed by atoms with Crippen molar-refractivity contribution in [1.29, 1.82) is 0 Å². The molecule has 0 spiro atoms. The summed E-state index contributed by atoms with van der Waals surface area (Å²) in [6.45, 7) is 9.79. The van der Waals surface area contributed by atoms with E-state index < -0.39 is 6.16 Å². The Morgan fingerprint density at radius 3 is 2.29 bits per heavy atom. The average Bonchev–Trinajstić information content (AvgIpc) is 2.15. The third-order valence-corrected chi connectivity index (χ3v) is 2.22. The topological polar surface area (TPSA) is 35.5 Å². The van der Waals surface area contributed by atoms with Crippen LogP contribution in [0.1, 0.15) is 40.2 Å². The lowest BCUT2D eigenvalue weighted by Crippen LogP contribution is -2.19. The largest absolute Gasteiger partial charge is 0.514 e. The molecule has 0 bridgehead atoms. The van der Waals surface area contributed by atoms with Crippen molar-refractivity contribution in [2.24, 2.45) is 0 Å². The predicted octanol–water partition coefficient (Wildman–Crippen LogP) is 3.91. The maximum atomic E-state index is 11.5. The maximum Gasteiger partial charge on any atom is 0.514 e. The number of benzene rings is 1. The van der Waals surface area contributed by atoms with Crippen LogP contribution >= 0.6 is 0 Å². The number of hydrogen-bond donors (Lipinski definition) is 0. The SMILES string of the molecule is CC(C)OC(=O)Oc1ccccc1C(C)(C)C. The summed E-state index contributed by atoms with van der Waals surface area (Å²) >= 11 is 0. The van der Waals surface area contributed by atoms with Crippen molar-refractivity contribution in [2.75, 3.05) is 0 Å². The standard InChI is InChI=1S/C14H20O3/c1-10(2)16-13(15)17-12-9-7-6-8-11(12)14(3,4)5/h6-10H,1-5H3. The van der Waals surface area contributed by atoms with E-state index in [2.05, 4.69) is 20.8 Å². The molecule has 0 unspecified atom stereocenters. The van der Waals surface area contributed by atoms with Crippen LogP contribution in [0.5, 0.6) is 5.75 Å². The van der Waals surface area contributed by atoms with Crippen molar-refractivity contribution < 1.29 is 14.3 Å². The van der Waals surface area contributed by atoms with Crippen molar-refractivity contribution >= 4 is 6.16 Å². The van der Waals surface area contributed by atoms with Gasteiger partial charge in [-0.1, -0.05) is 39.0 Å². The second-order valence-corrected chi connectivity index (χ2v) is 5.26. The number of hydrogen-bond acceptors (Lipinski definition) is 3. The quantitative estimate of drug-likeness (QED) is 0.577. The fraction of sp³-hybridized carbons (Fsp3) is 0.500. The molecule has 0 heterocycles. The van der Waals surface area contributed by atoms with Gasteiger partial charge >= 0.3 is 6.16 Å². The monoisotopic (exact) mass is 236 g/mol. The van der Waals surface area contributed by atoms with Gasteiger partial charge in [0.05, 0.1) is 6.10 Å². The Morgan fingerprint density at radius 1 is 1.18 bits per heavy atom. The van der Waals surface area contributed by atoms with Crippen molar-refractivity contribution in [3.8, 4) is 5.75 Å². The highest BCUT2D eigenvalue weighted by Crippen LogP contribution is 2.31. The van der Waals surface area contributed by atoms with Gasteiger partial charge in [0.25, 0.3) is 0 Å². The molecule has 0 aliphatic heterocycles. The van der Waals surface area contributed by atoms with Gasteiger partial charge in [-0.05, 0) is 25.3 Å². The minimum atomic E-state index is -0.656. The van der Waals surface area contributed by atoms with Crippen molar-refractivity contribution in [1.82, 2.24) is 0 Å². The molecule has 0 radical (unpaired) electrons. The molecule has 0 saturated heterocycles. The first-order chi connectivity index (χ1) is 7.80. The van der Waals surface area contributed by atoms with E-state index in [0.29, 0.717) is 5.75 Å². The Morgan fingerprint density at radius 2 is 1.76 bits per heavy atom. The zero-order chi connectivity index (χ0) is 13.1. The summed E-state index contributed by atoms with van der Waals surface area (Å²) in [6.07, 6.45) is -0.832. The van der Waals surface area contributed by atoms with E-state index in [0.717, 1.165) is 5.56 Å². The Hall–Kier alpha value is -1.51. The fourth-order valence-corrected chi connectivity index (χ4v) is 1.48. The lowest BCUT2D eigenvalue weighted by Gasteiger charge is -2.22. The highest BCUT2D eigenvalue weighted by atomic mass is 16.7. The van der Waals surface area contributed by atoms with E-state index in [4.69, 9.17) is 9.47 Å². The van der Waals surface area contributed by atoms with Crippen LogP contribution in [0.2, 0.25) is 0 Å². The molecular formula is C14H20O3. The van der Waals surface area contributed by atoms with E-state index in [1.54, 1.807) is 19.9 Å². The molecule has 1 aromatic rings. The van der Waals surface area contributed by atoms with Crippen LogP contribution in [0.3, 0.4) is 0 Å². The lowest BCUT2D eigenvalue weighted by molar-refractivity contribution is 0.0724. The Labute approximate surface area is 103 Å². The van der Waals surface area contributed by atoms with E-state index in [1.165, 1.54) is 0 Å². The molecule has 3 nitrogen and oxygen atoms in total. The minimum absolute atomic E-state index is 0.0747. The summed E-state index contributed by atoms with van der Waals surface area (Å²) < 4.78 is 10.2. The van der Waals surface area contributed by atoms with Crippen LogP contribution < -0.4 is 4.74 Å². The van der Waals surface area contributed by atoms with Gasteiger partial charge in [0, 0.05) is 5.56 Å². The summed E-state index contributed by atoms with van der Waals surface area (Å²) in [4.78, 5) is 11.5. The third-order valence-electron chi connectivity index (χ3n) is 2.22. The molecule has 17 heavy (non-hydrogen) atoms. The maximum absolute atomic E-state index is 11.5. The summed E-state index contributed by atoms with van der Waals surface area (Å²) in [5, 5.41) is 0. The van der Waals surface area contributed by atoms with E-state index in [-0.39, 0.29) is 11.5 Å². The average molecular weight is 236 g/mol. The third kappa shape index (κ3) is 4.10. The van der Waals surface area contributed by atoms with Crippen LogP contribution in [0.25, 0.3) is 0 Å². The first-order valence-corrected chi connectivity index (χ1v) is 5.78. The number of para-hydroxylation sites is 1. The van der Waals surface area contributed by atoms with Gasteiger partial charge < -0.3 is 9.47 Å². The Kier molecular flexibility index (Phi) is 4.16. The Bertz CT molecular complexity index is 389. The minimum Gasteiger partial charge on any atom is -0.431 e. The summed E-state index contributed by atoms with van der Waals surface area (Å²) in [7, 11) is 0. The Balaban J connectivity index is 2.88. The van der Waals surface area contributed by atoms with Gasteiger partial charge in [-0.25, -0.2) is 4.79 Å². The van der Waals surface area contributed by atoms with Gasteiger partial charge in [-0.2, -0.15) is 0 Å². The molecule has 0 atom stereocenters. The zero-order valence-electron chi connectivity index (χ0n) is 11.1. The molecule has 0 N–H and O–H groups in total. The molecule has 0 aromatic heterocycles. The number of rotatable bonds is 2. The highest BCUT2D eigenvalue weighted by Gasteiger charge is 2.20. The molecule has 1 rings (SSSR count). The van der Waals surface area contributed by atoms with Crippen LogP contribution in [0, 0.1) is 0 Å². The summed E-state index contributed by atoms with van der Waals surface area (Å²) in [6, 6.07) is 7.51. The van der Waals surface area contributed by atoms with E-state index in [1.807, 2.05) is 18.2 Å². The molecule has 3 heteroatoms. The van der Waals surface area contributed by atoms with Gasteiger partial charge in [-0.15, -0.1) is 0 Å².